The van der Waals surface area contributed by atoms with E-state index in [-0.39, 0.29) is 0 Å². The van der Waals surface area contributed by atoms with E-state index < -0.39 is 0 Å². The van der Waals surface area contributed by atoms with Gasteiger partial charge in [-0.2, -0.15) is 16.9 Å². The van der Waals surface area contributed by atoms with Crippen LogP contribution >= 0.6 is 23.1 Å². The molecule has 3 rings (SSSR count). The zero-order chi connectivity index (χ0) is 14.1. The summed E-state index contributed by atoms with van der Waals surface area (Å²) >= 11 is 3.70. The van der Waals surface area contributed by atoms with Crippen molar-refractivity contribution in [3.05, 3.63) is 5.69 Å². The van der Waals surface area contributed by atoms with Gasteiger partial charge in [-0.3, -0.25) is 4.90 Å². The minimum absolute atomic E-state index is 1.02. The van der Waals surface area contributed by atoms with Crippen LogP contribution in [0.4, 0.5) is 5.13 Å². The van der Waals surface area contributed by atoms with Crippen LogP contribution in [0.5, 0.6) is 0 Å². The van der Waals surface area contributed by atoms with Gasteiger partial charge in [0.2, 0.25) is 0 Å². The van der Waals surface area contributed by atoms with Crippen LogP contribution in [-0.4, -0.2) is 64.4 Å². The molecule has 0 saturated carbocycles. The van der Waals surface area contributed by atoms with Gasteiger partial charge in [-0.15, -0.1) is 0 Å². The van der Waals surface area contributed by atoms with Crippen molar-refractivity contribution in [2.24, 2.45) is 7.05 Å². The molecular weight excluding hydrogens is 290 g/mol. The molecule has 0 unspecified atom stereocenters. The fourth-order valence-corrected chi connectivity index (χ4v) is 4.12. The molecule has 1 saturated heterocycles. The lowest BCUT2D eigenvalue weighted by molar-refractivity contribution is 0.273. The standard InChI is InChI=1S/C13H21N5S2/c1-10-11-12(16(2)15-10)14-13(20-11)18-6-4-17(5-7-18)8-9-19-3/h4-9H2,1-3H3. The van der Waals surface area contributed by atoms with Gasteiger partial charge < -0.3 is 4.90 Å². The van der Waals surface area contributed by atoms with E-state index in [4.69, 9.17) is 4.98 Å². The molecule has 0 bridgehead atoms. The Hall–Kier alpha value is -0.790. The van der Waals surface area contributed by atoms with E-state index in [9.17, 15) is 0 Å². The van der Waals surface area contributed by atoms with Gasteiger partial charge >= 0.3 is 0 Å². The molecule has 5 nitrogen and oxygen atoms in total. The number of piperazine rings is 1. The normalized spacial score (nSPS) is 17.2. The Morgan fingerprint density at radius 2 is 2.00 bits per heavy atom. The molecule has 20 heavy (non-hydrogen) atoms. The van der Waals surface area contributed by atoms with E-state index in [1.54, 1.807) is 11.3 Å². The third-order valence-electron chi connectivity index (χ3n) is 3.79. The summed E-state index contributed by atoms with van der Waals surface area (Å²) in [6, 6.07) is 0. The number of hydrogen-bond donors (Lipinski definition) is 0. The van der Waals surface area contributed by atoms with E-state index in [2.05, 4.69) is 28.1 Å². The van der Waals surface area contributed by atoms with Gasteiger partial charge in [-0.1, -0.05) is 11.3 Å². The number of fused-ring (bicyclic) bond motifs is 1. The van der Waals surface area contributed by atoms with E-state index in [0.29, 0.717) is 0 Å². The third kappa shape index (κ3) is 2.66. The van der Waals surface area contributed by atoms with Crippen molar-refractivity contribution in [2.45, 2.75) is 6.92 Å². The van der Waals surface area contributed by atoms with E-state index in [1.165, 1.54) is 17.0 Å². The molecule has 3 heterocycles. The molecule has 7 heteroatoms. The van der Waals surface area contributed by atoms with Gasteiger partial charge in [0.05, 0.1) is 10.4 Å². The maximum absolute atomic E-state index is 4.77. The SMILES string of the molecule is CSCCN1CCN(c2nc3c(s2)c(C)nn3C)CC1. The molecular formula is C13H21N5S2. The zero-order valence-electron chi connectivity index (χ0n) is 12.3. The highest BCUT2D eigenvalue weighted by atomic mass is 32.2. The van der Waals surface area contributed by atoms with Gasteiger partial charge in [-0.05, 0) is 13.2 Å². The molecule has 2 aromatic heterocycles. The van der Waals surface area contributed by atoms with E-state index in [1.807, 2.05) is 23.5 Å². The van der Waals surface area contributed by atoms with Crippen molar-refractivity contribution < 1.29 is 0 Å². The summed E-state index contributed by atoms with van der Waals surface area (Å²) < 4.78 is 3.12. The Morgan fingerprint density at radius 3 is 2.65 bits per heavy atom. The average molecular weight is 311 g/mol. The molecule has 0 amide bonds. The van der Waals surface area contributed by atoms with Crippen LogP contribution in [0.25, 0.3) is 10.3 Å². The van der Waals surface area contributed by atoms with Gasteiger partial charge in [0.15, 0.2) is 10.8 Å². The number of thiazole rings is 1. The summed E-state index contributed by atoms with van der Waals surface area (Å²) in [6.07, 6.45) is 2.17. The Kier molecular flexibility index (Phi) is 4.18. The first-order valence-electron chi connectivity index (χ1n) is 6.95. The highest BCUT2D eigenvalue weighted by molar-refractivity contribution is 7.98. The second-order valence-corrected chi connectivity index (χ2v) is 7.14. The molecule has 1 aliphatic rings. The summed E-state index contributed by atoms with van der Waals surface area (Å²) in [5.41, 5.74) is 2.11. The maximum atomic E-state index is 4.77. The van der Waals surface area contributed by atoms with Crippen molar-refractivity contribution in [1.82, 2.24) is 19.7 Å². The molecule has 0 radical (unpaired) electrons. The minimum atomic E-state index is 1.02. The fourth-order valence-electron chi connectivity index (χ4n) is 2.59. The Balaban J connectivity index is 1.69. The summed E-state index contributed by atoms with van der Waals surface area (Å²) in [5.74, 6) is 1.23. The van der Waals surface area contributed by atoms with Gasteiger partial charge in [-0.25, -0.2) is 9.67 Å². The smallest absolute Gasteiger partial charge is 0.188 e. The zero-order valence-corrected chi connectivity index (χ0v) is 13.9. The first-order chi connectivity index (χ1) is 9.69. The second-order valence-electron chi connectivity index (χ2n) is 5.18. The van der Waals surface area contributed by atoms with Crippen molar-refractivity contribution in [1.29, 1.82) is 0 Å². The largest absolute Gasteiger partial charge is 0.345 e. The predicted octanol–water partition coefficient (Wildman–Crippen LogP) is 1.82. The number of nitrogens with zero attached hydrogens (tertiary/aromatic N) is 5. The highest BCUT2D eigenvalue weighted by Gasteiger charge is 2.21. The van der Waals surface area contributed by atoms with Gasteiger partial charge in [0.25, 0.3) is 0 Å². The van der Waals surface area contributed by atoms with Gasteiger partial charge in [0.1, 0.15) is 0 Å². The molecule has 110 valence electrons. The molecule has 1 aliphatic heterocycles. The predicted molar refractivity (Wildman–Crippen MR) is 88.2 cm³/mol. The number of aryl methyl sites for hydroxylation is 2. The highest BCUT2D eigenvalue weighted by Crippen LogP contribution is 2.31. The van der Waals surface area contributed by atoms with E-state index in [0.717, 1.165) is 42.7 Å². The van der Waals surface area contributed by atoms with Crippen molar-refractivity contribution in [3.63, 3.8) is 0 Å². The lowest BCUT2D eigenvalue weighted by Crippen LogP contribution is -2.47. The number of aromatic nitrogens is 3. The topological polar surface area (TPSA) is 37.2 Å². The first kappa shape index (κ1) is 14.2. The Morgan fingerprint density at radius 1 is 1.25 bits per heavy atom. The van der Waals surface area contributed by atoms with Crippen molar-refractivity contribution >= 4 is 38.6 Å². The lowest BCUT2D eigenvalue weighted by atomic mass is 10.3. The summed E-state index contributed by atoms with van der Waals surface area (Å²) in [7, 11) is 1.97. The Bertz CT molecular complexity index is 548. The fraction of sp³-hybridized carbons (Fsp3) is 0.692. The molecule has 0 spiro atoms. The minimum Gasteiger partial charge on any atom is -0.345 e. The molecule has 2 aromatic rings. The molecule has 0 aliphatic carbocycles. The van der Waals surface area contributed by atoms with Crippen molar-refractivity contribution in [2.75, 3.05) is 49.6 Å². The van der Waals surface area contributed by atoms with Crippen LogP contribution in [-0.2, 0) is 7.05 Å². The lowest BCUT2D eigenvalue weighted by Gasteiger charge is -2.34. The van der Waals surface area contributed by atoms with Crippen molar-refractivity contribution in [3.8, 4) is 0 Å². The molecule has 0 atom stereocenters. The van der Waals surface area contributed by atoms with Crippen LogP contribution in [0.2, 0.25) is 0 Å². The maximum Gasteiger partial charge on any atom is 0.188 e. The summed E-state index contributed by atoms with van der Waals surface area (Å²) in [4.78, 5) is 9.73. The number of thioether (sulfide) groups is 1. The van der Waals surface area contributed by atoms with Crippen LogP contribution in [0.15, 0.2) is 0 Å². The summed E-state index contributed by atoms with van der Waals surface area (Å²) in [6.45, 7) is 7.73. The van der Waals surface area contributed by atoms with Crippen LogP contribution in [0, 0.1) is 6.92 Å². The molecule has 1 fully saturated rings. The Labute approximate surface area is 128 Å². The number of hydrogen-bond acceptors (Lipinski definition) is 6. The van der Waals surface area contributed by atoms with Crippen LogP contribution in [0.3, 0.4) is 0 Å². The van der Waals surface area contributed by atoms with Crippen LogP contribution < -0.4 is 4.90 Å². The second kappa shape index (κ2) is 5.91. The van der Waals surface area contributed by atoms with E-state index >= 15 is 0 Å². The monoisotopic (exact) mass is 311 g/mol. The number of rotatable bonds is 4. The van der Waals surface area contributed by atoms with Gasteiger partial charge in [0, 0.05) is 45.5 Å². The first-order valence-corrected chi connectivity index (χ1v) is 9.16. The quantitative estimate of drug-likeness (QED) is 0.861. The summed E-state index contributed by atoms with van der Waals surface area (Å²) in [5, 5.41) is 5.57. The average Bonchev–Trinajstić information content (AvgIpc) is 3.00. The third-order valence-corrected chi connectivity index (χ3v) is 5.59. The van der Waals surface area contributed by atoms with Crippen LogP contribution in [0.1, 0.15) is 5.69 Å². The molecule has 0 aromatic carbocycles. The number of anilines is 1. The molecule has 0 N–H and O–H groups in total.